The molecule has 34 heavy (non-hydrogen) atoms. The van der Waals surface area contributed by atoms with E-state index in [1.54, 1.807) is 24.3 Å². The van der Waals surface area contributed by atoms with Crippen LogP contribution in [0.5, 0.6) is 0 Å². The maximum Gasteiger partial charge on any atom is 0.221 e. The Morgan fingerprint density at radius 1 is 0.794 bits per heavy atom. The lowest BCUT2D eigenvalue weighted by Gasteiger charge is -2.38. The summed E-state index contributed by atoms with van der Waals surface area (Å²) in [4.78, 5) is 2.47. The van der Waals surface area contributed by atoms with Crippen molar-refractivity contribution in [3.63, 3.8) is 0 Å². The van der Waals surface area contributed by atoms with E-state index >= 15 is 0 Å². The molecule has 4 unspecified atom stereocenters. The molecule has 2 fully saturated rings. The highest BCUT2D eigenvalue weighted by atomic mass is 32.2. The van der Waals surface area contributed by atoms with Gasteiger partial charge in [0.15, 0.2) is 5.96 Å². The van der Waals surface area contributed by atoms with E-state index in [2.05, 4.69) is 12.2 Å². The van der Waals surface area contributed by atoms with E-state index in [1.807, 2.05) is 29.2 Å². The van der Waals surface area contributed by atoms with Crippen LogP contribution in [0.1, 0.15) is 12.8 Å². The first kappa shape index (κ1) is 21.1. The van der Waals surface area contributed by atoms with Crippen LogP contribution < -0.4 is 5.73 Å². The zero-order chi connectivity index (χ0) is 23.7. The molecule has 9 heteroatoms. The first-order chi connectivity index (χ1) is 16.3. The van der Waals surface area contributed by atoms with Crippen molar-refractivity contribution >= 4 is 36.3 Å². The Labute approximate surface area is 199 Å². The van der Waals surface area contributed by atoms with Crippen molar-refractivity contribution in [1.29, 1.82) is 5.41 Å². The Hall–Kier alpha value is -3.43. The molecule has 6 rings (SSSR count). The Morgan fingerprint density at radius 2 is 1.24 bits per heavy atom. The number of allylic oxidation sites excluding steroid dienone is 12. The van der Waals surface area contributed by atoms with Gasteiger partial charge in [-0.25, -0.2) is 0 Å². The van der Waals surface area contributed by atoms with Crippen LogP contribution in [0.3, 0.4) is 0 Å². The van der Waals surface area contributed by atoms with Crippen LogP contribution in [0.2, 0.25) is 0 Å². The summed E-state index contributed by atoms with van der Waals surface area (Å²) >= 11 is 0. The predicted molar refractivity (Wildman–Crippen MR) is 132 cm³/mol. The van der Waals surface area contributed by atoms with E-state index in [0.29, 0.717) is 12.8 Å². The molecule has 6 aliphatic rings. The normalized spacial score (nSPS) is 29.8. The van der Waals surface area contributed by atoms with Crippen molar-refractivity contribution < 1.29 is 16.8 Å². The Morgan fingerprint density at radius 3 is 1.62 bits per heavy atom. The number of hydrogen-bond donors (Lipinski definition) is 2. The maximum absolute atomic E-state index is 11.7. The molecule has 172 valence electrons. The minimum atomic E-state index is -2.32. The summed E-state index contributed by atoms with van der Waals surface area (Å²) in [7, 11) is -4.65. The van der Waals surface area contributed by atoms with Gasteiger partial charge in [0.05, 0.1) is 21.8 Å². The fourth-order valence-corrected chi connectivity index (χ4v) is 7.24. The summed E-state index contributed by atoms with van der Waals surface area (Å²) in [6.45, 7) is 0. The van der Waals surface area contributed by atoms with E-state index in [-0.39, 0.29) is 39.6 Å². The first-order valence-electron chi connectivity index (χ1n) is 11.0. The number of nitrogens with two attached hydrogens (primary N) is 1. The number of guanidine groups is 1. The van der Waals surface area contributed by atoms with Crippen molar-refractivity contribution in [3.05, 3.63) is 94.2 Å². The van der Waals surface area contributed by atoms with Gasteiger partial charge in [-0.15, -0.1) is 0 Å². The molecule has 0 aliphatic heterocycles. The molecule has 0 amide bonds. The monoisotopic (exact) mass is 491 g/mol. The van der Waals surface area contributed by atoms with Gasteiger partial charge in [-0.1, -0.05) is 47.6 Å². The maximum atomic E-state index is 11.7. The fourth-order valence-electron chi connectivity index (χ4n) is 6.28. The van der Waals surface area contributed by atoms with Gasteiger partial charge < -0.3 is 10.6 Å². The molecule has 0 aromatic heterocycles. The highest BCUT2D eigenvalue weighted by Gasteiger charge is 2.48. The molecule has 0 aromatic rings. The molecule has 2 saturated carbocycles. The summed E-state index contributed by atoms with van der Waals surface area (Å²) < 4.78 is 46.7. The lowest BCUT2D eigenvalue weighted by atomic mass is 9.82. The van der Waals surface area contributed by atoms with E-state index in [1.165, 1.54) is 0 Å². The molecule has 0 heterocycles. The van der Waals surface area contributed by atoms with Crippen LogP contribution in [0, 0.1) is 17.2 Å². The zero-order valence-electron chi connectivity index (χ0n) is 18.0. The third kappa shape index (κ3) is 3.04. The van der Waals surface area contributed by atoms with Crippen LogP contribution in [0.25, 0.3) is 0 Å². The molecule has 4 atom stereocenters. The Kier molecular flexibility index (Phi) is 4.69. The Bertz CT molecular complexity index is 1480. The summed E-state index contributed by atoms with van der Waals surface area (Å²) in [5, 5.41) is 8.52. The molecular formula is C25H21N3O4S2. The smallest absolute Gasteiger partial charge is 0.221 e. The molecule has 0 aromatic carbocycles. The van der Waals surface area contributed by atoms with Gasteiger partial charge in [0.2, 0.25) is 20.6 Å². The summed E-state index contributed by atoms with van der Waals surface area (Å²) in [6, 6.07) is -0.382. The van der Waals surface area contributed by atoms with Crippen LogP contribution in [0.15, 0.2) is 94.2 Å². The molecule has 0 saturated heterocycles. The van der Waals surface area contributed by atoms with Gasteiger partial charge in [-0.05, 0) is 59.4 Å². The third-order valence-electron chi connectivity index (χ3n) is 7.47. The van der Waals surface area contributed by atoms with Crippen molar-refractivity contribution in [2.75, 3.05) is 0 Å². The van der Waals surface area contributed by atoms with E-state index in [0.717, 1.165) is 33.4 Å². The van der Waals surface area contributed by atoms with Gasteiger partial charge in [0.25, 0.3) is 0 Å². The van der Waals surface area contributed by atoms with Gasteiger partial charge in [0.1, 0.15) is 0 Å². The molecule has 7 nitrogen and oxygen atoms in total. The second-order valence-electron chi connectivity index (χ2n) is 9.15. The number of hydrogen-bond acceptors (Lipinski definition) is 5. The number of rotatable bonds is 2. The second-order valence-corrected chi connectivity index (χ2v) is 11.0. The first-order valence-corrected chi connectivity index (χ1v) is 13.1. The highest BCUT2D eigenvalue weighted by molar-refractivity contribution is 7.74. The fraction of sp³-hybridized carbons (Fsp3) is 0.240. The van der Waals surface area contributed by atoms with Gasteiger partial charge in [0, 0.05) is 11.8 Å². The summed E-state index contributed by atoms with van der Waals surface area (Å²) in [6.07, 6.45) is 19.9. The quantitative estimate of drug-likeness (QED) is 0.345. The van der Waals surface area contributed by atoms with Gasteiger partial charge >= 0.3 is 0 Å². The third-order valence-corrected chi connectivity index (χ3v) is 8.71. The molecule has 6 aliphatic carbocycles. The van der Waals surface area contributed by atoms with Crippen LogP contribution in [0.4, 0.5) is 0 Å². The zero-order valence-corrected chi connectivity index (χ0v) is 19.6. The molecule has 3 N–H and O–H groups in total. The summed E-state index contributed by atoms with van der Waals surface area (Å²) in [5.41, 5.74) is 12.3. The topological polar surface area (TPSA) is 121 Å². The average molecular weight is 492 g/mol. The average Bonchev–Trinajstić information content (AvgIpc) is 3.35. The SMILES string of the molecule is N=C(N)N(C1CC2=CC(=S(=O)=O)C=C3C=CC=C1C32)C1CC2=CC(=S(=O)=O)C=C3C=CC=C1C32. The molecule has 0 spiro atoms. The van der Waals surface area contributed by atoms with Crippen LogP contribution in [-0.2, 0) is 20.6 Å². The van der Waals surface area contributed by atoms with E-state index < -0.39 is 20.6 Å². The van der Waals surface area contributed by atoms with Gasteiger partial charge in [-0.2, -0.15) is 16.8 Å². The second kappa shape index (κ2) is 7.54. The minimum absolute atomic E-state index is 0.00875. The molecule has 0 radical (unpaired) electrons. The van der Waals surface area contributed by atoms with Crippen molar-refractivity contribution in [2.24, 2.45) is 17.6 Å². The molecule has 0 bridgehead atoms. The Balaban J connectivity index is 1.45. The lowest BCUT2D eigenvalue weighted by Crippen LogP contribution is -2.50. The number of nitrogens with zero attached hydrogens (tertiary/aromatic N) is 1. The highest BCUT2D eigenvalue weighted by Crippen LogP contribution is 2.52. The number of nitrogens with one attached hydrogen (secondary N) is 1. The standard InChI is InChI=1S/C25H21N3O4S2/c26-25(27)28(21-11-15-9-17(33(29)30)7-13-3-1-5-19(21)23(13)15)22-12-16-10-18(34(31)32)8-14-4-2-6-20(22)24(14)16/h1-10,21-24H,11-12H2,(H3,26,27). The van der Waals surface area contributed by atoms with Gasteiger partial charge in [-0.3, -0.25) is 5.41 Å². The lowest BCUT2D eigenvalue weighted by molar-refractivity contribution is 0.295. The van der Waals surface area contributed by atoms with E-state index in [9.17, 15) is 16.8 Å². The summed E-state index contributed by atoms with van der Waals surface area (Å²) in [5.74, 6) is -0.0697. The van der Waals surface area contributed by atoms with Crippen LogP contribution in [-0.4, -0.2) is 49.5 Å². The minimum Gasteiger partial charge on any atom is -0.370 e. The van der Waals surface area contributed by atoms with Crippen LogP contribution >= 0.6 is 0 Å². The predicted octanol–water partition coefficient (Wildman–Crippen LogP) is 1.79. The molecular weight excluding hydrogens is 470 g/mol. The van der Waals surface area contributed by atoms with Crippen molar-refractivity contribution in [3.8, 4) is 0 Å². The largest absolute Gasteiger partial charge is 0.370 e. The van der Waals surface area contributed by atoms with Crippen molar-refractivity contribution in [1.82, 2.24) is 4.90 Å². The van der Waals surface area contributed by atoms with Crippen molar-refractivity contribution in [2.45, 2.75) is 24.9 Å². The van der Waals surface area contributed by atoms with E-state index in [4.69, 9.17) is 11.1 Å².